The van der Waals surface area contributed by atoms with E-state index in [1.54, 1.807) is 23.6 Å². The number of aliphatic hydroxyl groups excluding tert-OH is 1. The quantitative estimate of drug-likeness (QED) is 0.0362. The van der Waals surface area contributed by atoms with Crippen LogP contribution >= 0.6 is 34.7 Å². The van der Waals surface area contributed by atoms with Crippen LogP contribution in [0.25, 0.3) is 10.4 Å². The lowest BCUT2D eigenvalue weighted by atomic mass is 9.85. The maximum absolute atomic E-state index is 14.1. The van der Waals surface area contributed by atoms with E-state index < -0.39 is 23.6 Å². The maximum atomic E-state index is 14.1. The Kier molecular flexibility index (Phi) is 21.6. The van der Waals surface area contributed by atoms with E-state index in [9.17, 15) is 24.3 Å². The van der Waals surface area contributed by atoms with Crippen LogP contribution in [0.4, 0.5) is 17.3 Å². The Morgan fingerprint density at radius 1 is 0.883 bits per heavy atom. The number of likely N-dealkylation sites (tertiary alicyclic amines) is 1. The van der Waals surface area contributed by atoms with Crippen LogP contribution in [-0.4, -0.2) is 141 Å². The lowest BCUT2D eigenvalue weighted by molar-refractivity contribution is -0.144. The first kappa shape index (κ1) is 59.8. The summed E-state index contributed by atoms with van der Waals surface area (Å²) in [6, 6.07) is 11.6. The molecular formula is C57H83ClN12O5S2. The Labute approximate surface area is 469 Å². The number of nitrogens with one attached hydrogen (secondary N) is 3. The molecule has 0 spiro atoms. The summed E-state index contributed by atoms with van der Waals surface area (Å²) < 4.78 is 0. The first-order valence-corrected chi connectivity index (χ1v) is 29.8. The number of nitrogens with two attached hydrogens (primary N) is 2. The van der Waals surface area contributed by atoms with Crippen molar-refractivity contribution in [3.8, 4) is 10.4 Å². The van der Waals surface area contributed by atoms with Crippen LogP contribution in [0, 0.1) is 12.3 Å². The molecular weight excluding hydrogens is 1030 g/mol. The number of carbonyl (C=O) groups is 4. The zero-order valence-corrected chi connectivity index (χ0v) is 48.5. The molecule has 3 fully saturated rings. The number of amides is 4. The zero-order chi connectivity index (χ0) is 55.3. The van der Waals surface area contributed by atoms with Gasteiger partial charge in [0.2, 0.25) is 23.6 Å². The second kappa shape index (κ2) is 27.8. The van der Waals surface area contributed by atoms with Crippen LogP contribution in [-0.2, 0) is 19.2 Å². The number of nitrogen functional groups attached to an aromatic ring is 1. The molecule has 2 aromatic heterocycles. The smallest absolute Gasteiger partial charge is 0.246 e. The molecule has 420 valence electrons. The van der Waals surface area contributed by atoms with E-state index in [1.165, 1.54) is 42.3 Å². The van der Waals surface area contributed by atoms with Crippen molar-refractivity contribution in [2.24, 2.45) is 11.1 Å². The van der Waals surface area contributed by atoms with E-state index >= 15 is 0 Å². The minimum atomic E-state index is -0.844. The number of aryl methyl sites for hydroxylation is 1. The summed E-state index contributed by atoms with van der Waals surface area (Å²) in [6.45, 7) is 18.2. The Bertz CT molecular complexity index is 2600. The van der Waals surface area contributed by atoms with Gasteiger partial charge in [0.1, 0.15) is 22.9 Å². The number of nitrogens with zero attached hydrogens (tertiary/aromatic N) is 7. The average Bonchev–Trinajstić information content (AvgIpc) is 4.01. The van der Waals surface area contributed by atoms with Crippen molar-refractivity contribution in [1.29, 1.82) is 0 Å². The molecule has 4 atom stereocenters. The number of β-amino-alcohol motifs (C(OH)–C–C–N with tert-alkyl or cyclic N) is 1. The number of hydrogen-bond acceptors (Lipinski definition) is 15. The highest BCUT2D eigenvalue weighted by Gasteiger charge is 2.45. The number of aliphatic hydroxyl groups is 1. The van der Waals surface area contributed by atoms with Crippen LogP contribution in [0.2, 0.25) is 5.02 Å². The largest absolute Gasteiger partial charge is 0.391 e. The topological polar surface area (TPSA) is 228 Å². The highest BCUT2D eigenvalue weighted by Crippen LogP contribution is 2.39. The standard InChI is InChI=1S/C57H83ClN12O5S2/c1-38(40-20-22-41(23-21-40)50-39(2)62-37-76-50)63-53(74)44-33-42(71)35-70(44)55(75)51(56(3,4)5)66-47(72)19-14-12-10-8-7-9-11-13-15-26-67-29-31-68(32-30-67)36-48(73)64-43-17-16-18-45(49(43)58)77-54-52(59)65-46(34-61-54)69-27-24-57(6,60)25-28-69/h16-18,20-23,34,37-38,42,44,51,71H,7-15,19,24-33,35-36,60H2,1-6H3,(H2,59,65)(H,63,74)(H,64,73)(H,66,72)/t38-,42+,44-,51+/m1/s1. The molecule has 0 aliphatic carbocycles. The maximum Gasteiger partial charge on any atom is 0.246 e. The van der Waals surface area contributed by atoms with E-state index in [-0.39, 0.29) is 48.2 Å². The van der Waals surface area contributed by atoms with E-state index in [0.29, 0.717) is 34.5 Å². The van der Waals surface area contributed by atoms with Crippen LogP contribution < -0.4 is 32.3 Å². The average molecular weight is 1120 g/mol. The number of unbranched alkanes of at least 4 members (excludes halogenated alkanes) is 8. The van der Waals surface area contributed by atoms with Crippen molar-refractivity contribution in [3.05, 3.63) is 70.5 Å². The molecule has 4 amide bonds. The van der Waals surface area contributed by atoms with Gasteiger partial charge in [-0.25, -0.2) is 15.0 Å². The number of aromatic nitrogens is 3. The Balaban J connectivity index is 0.721. The monoisotopic (exact) mass is 1110 g/mol. The SMILES string of the molecule is Cc1ncsc1-c1ccc([C@@H](C)NC(=O)[C@H]2C[C@H](O)CN2C(=O)[C@H](NC(=O)CCCCCCCCCCCN2CCN(CC(=O)Nc3cccc(Sc4ncc(N5CCC(C)(N)CC5)nc4N)c3Cl)CC2)C(C)(C)C)cc1. The molecule has 0 radical (unpaired) electrons. The number of rotatable bonds is 24. The summed E-state index contributed by atoms with van der Waals surface area (Å²) in [5.74, 6) is 0.115. The summed E-state index contributed by atoms with van der Waals surface area (Å²) in [5.41, 5.74) is 17.2. The van der Waals surface area contributed by atoms with Gasteiger partial charge in [-0.3, -0.25) is 24.1 Å². The molecule has 5 heterocycles. The van der Waals surface area contributed by atoms with Gasteiger partial charge in [-0.15, -0.1) is 11.3 Å². The fraction of sp³-hybridized carbons (Fsp3) is 0.596. The van der Waals surface area contributed by atoms with E-state index in [0.717, 1.165) is 123 Å². The van der Waals surface area contributed by atoms with Crippen molar-refractivity contribution in [2.75, 3.05) is 74.9 Å². The van der Waals surface area contributed by atoms with Crippen molar-refractivity contribution >= 4 is 75.7 Å². The predicted octanol–water partition coefficient (Wildman–Crippen LogP) is 8.44. The third kappa shape index (κ3) is 17.3. The third-order valence-electron chi connectivity index (χ3n) is 15.2. The molecule has 20 heteroatoms. The van der Waals surface area contributed by atoms with Crippen molar-refractivity contribution in [1.82, 2.24) is 40.3 Å². The molecule has 3 aliphatic rings. The Morgan fingerprint density at radius 2 is 1.53 bits per heavy atom. The summed E-state index contributed by atoms with van der Waals surface area (Å²) >= 11 is 9.72. The predicted molar refractivity (Wildman–Crippen MR) is 310 cm³/mol. The zero-order valence-electron chi connectivity index (χ0n) is 46.1. The molecule has 3 saturated heterocycles. The van der Waals surface area contributed by atoms with Crippen molar-refractivity contribution in [3.63, 3.8) is 0 Å². The lowest BCUT2D eigenvalue weighted by Gasteiger charge is -2.37. The summed E-state index contributed by atoms with van der Waals surface area (Å²) in [6.07, 6.45) is 12.9. The fourth-order valence-corrected chi connectivity index (χ4v) is 12.2. The first-order chi connectivity index (χ1) is 36.7. The van der Waals surface area contributed by atoms with Gasteiger partial charge in [0, 0.05) is 69.1 Å². The number of thiazole rings is 1. The van der Waals surface area contributed by atoms with Crippen molar-refractivity contribution < 1.29 is 24.3 Å². The van der Waals surface area contributed by atoms with Gasteiger partial charge in [-0.2, -0.15) is 0 Å². The number of anilines is 3. The highest BCUT2D eigenvalue weighted by molar-refractivity contribution is 7.99. The minimum Gasteiger partial charge on any atom is -0.391 e. The number of carbonyl (C=O) groups excluding carboxylic acids is 4. The lowest BCUT2D eigenvalue weighted by Crippen LogP contribution is -2.57. The number of benzene rings is 2. The van der Waals surface area contributed by atoms with Gasteiger partial charge in [0.25, 0.3) is 0 Å². The number of piperidine rings is 1. The first-order valence-electron chi connectivity index (χ1n) is 27.7. The van der Waals surface area contributed by atoms with Gasteiger partial charge >= 0.3 is 0 Å². The second-order valence-corrected chi connectivity index (χ2v) is 25.0. The van der Waals surface area contributed by atoms with Crippen LogP contribution in [0.15, 0.2) is 64.1 Å². The van der Waals surface area contributed by atoms with E-state index in [1.807, 2.05) is 76.5 Å². The molecule has 2 aromatic carbocycles. The third-order valence-corrected chi connectivity index (χ3v) is 17.8. The van der Waals surface area contributed by atoms with Gasteiger partial charge in [0.15, 0.2) is 5.82 Å². The van der Waals surface area contributed by atoms with E-state index in [2.05, 4.69) is 52.5 Å². The number of hydrogen-bond donors (Lipinski definition) is 6. The Morgan fingerprint density at radius 3 is 2.17 bits per heavy atom. The molecule has 7 rings (SSSR count). The van der Waals surface area contributed by atoms with Crippen molar-refractivity contribution in [2.45, 2.75) is 165 Å². The minimum absolute atomic E-state index is 0.0357. The van der Waals surface area contributed by atoms with Crippen LogP contribution in [0.3, 0.4) is 0 Å². The summed E-state index contributed by atoms with van der Waals surface area (Å²) in [5, 5.41) is 20.7. The molecule has 0 bridgehead atoms. The van der Waals surface area contributed by atoms with Gasteiger partial charge in [0.05, 0.1) is 51.7 Å². The summed E-state index contributed by atoms with van der Waals surface area (Å²) in [7, 11) is 0. The molecule has 17 nitrogen and oxygen atoms in total. The van der Waals surface area contributed by atoms with Gasteiger partial charge in [-0.1, -0.05) is 119 Å². The van der Waals surface area contributed by atoms with Crippen LogP contribution in [0.5, 0.6) is 0 Å². The van der Waals surface area contributed by atoms with Crippen LogP contribution in [0.1, 0.15) is 135 Å². The molecule has 0 saturated carbocycles. The normalized spacial score (nSPS) is 19.0. The second-order valence-electron chi connectivity index (χ2n) is 22.8. The van der Waals surface area contributed by atoms with E-state index in [4.69, 9.17) is 23.1 Å². The van der Waals surface area contributed by atoms with Gasteiger partial charge in [-0.05, 0) is 81.7 Å². The molecule has 4 aromatic rings. The number of halogens is 1. The Hall–Kier alpha value is -4.89. The molecule has 77 heavy (non-hydrogen) atoms. The molecule has 8 N–H and O–H groups in total. The molecule has 0 unspecified atom stereocenters. The summed E-state index contributed by atoms with van der Waals surface area (Å²) in [4.78, 5) is 77.9. The van der Waals surface area contributed by atoms with Gasteiger partial charge < -0.3 is 47.2 Å². The molecule has 3 aliphatic heterocycles. The highest BCUT2D eigenvalue weighted by atomic mass is 35.5. The number of piperazine rings is 1. The fourth-order valence-electron chi connectivity index (χ4n) is 10.3.